The van der Waals surface area contributed by atoms with Gasteiger partial charge in [-0.05, 0) is 31.0 Å². The molecule has 0 bridgehead atoms. The molecule has 18 heavy (non-hydrogen) atoms. The Bertz CT molecular complexity index is 425. The second kappa shape index (κ2) is 7.45. The molecule has 2 N–H and O–H groups in total. The van der Waals surface area contributed by atoms with Crippen LogP contribution in [0.1, 0.15) is 44.7 Å². The van der Waals surface area contributed by atoms with Crippen LogP contribution in [-0.2, 0) is 0 Å². The predicted molar refractivity (Wildman–Crippen MR) is 79.5 cm³/mol. The molecular weight excluding hydrogens is 290 g/mol. The highest BCUT2D eigenvalue weighted by atomic mass is 79.9. The lowest BCUT2D eigenvalue weighted by Crippen LogP contribution is -2.31. The first-order chi connectivity index (χ1) is 8.62. The maximum atomic E-state index is 9.94. The maximum Gasteiger partial charge on any atom is 0.120 e. The first-order valence-electron chi connectivity index (χ1n) is 6.32. The summed E-state index contributed by atoms with van der Waals surface area (Å²) in [5.41, 5.74) is 0.892. The molecule has 0 aromatic heterocycles. The van der Waals surface area contributed by atoms with Crippen molar-refractivity contribution in [2.75, 3.05) is 0 Å². The standard InChI is InChI=1S/C15H20BrNO/c1-4-7-12(5-2)17-14(6-3)13-10-11(16)8-9-15(13)18/h2,8-10,12,14,17-18H,4,6-7H2,1,3H3. The van der Waals surface area contributed by atoms with Gasteiger partial charge < -0.3 is 5.11 Å². The first-order valence-corrected chi connectivity index (χ1v) is 7.12. The average molecular weight is 310 g/mol. The van der Waals surface area contributed by atoms with Gasteiger partial charge >= 0.3 is 0 Å². The molecule has 2 unspecified atom stereocenters. The van der Waals surface area contributed by atoms with Crippen molar-refractivity contribution in [2.24, 2.45) is 0 Å². The van der Waals surface area contributed by atoms with Gasteiger partial charge in [-0.15, -0.1) is 6.42 Å². The van der Waals surface area contributed by atoms with Crippen LogP contribution in [0.5, 0.6) is 5.75 Å². The summed E-state index contributed by atoms with van der Waals surface area (Å²) in [7, 11) is 0. The summed E-state index contributed by atoms with van der Waals surface area (Å²) >= 11 is 3.43. The Balaban J connectivity index is 2.89. The van der Waals surface area contributed by atoms with Crippen LogP contribution in [0.4, 0.5) is 0 Å². The van der Waals surface area contributed by atoms with Crippen LogP contribution in [0.2, 0.25) is 0 Å². The van der Waals surface area contributed by atoms with Gasteiger partial charge in [-0.3, -0.25) is 5.32 Å². The van der Waals surface area contributed by atoms with Gasteiger partial charge in [0.1, 0.15) is 5.75 Å². The fourth-order valence-electron chi connectivity index (χ4n) is 1.98. The third-order valence-electron chi connectivity index (χ3n) is 2.95. The summed E-state index contributed by atoms with van der Waals surface area (Å²) < 4.78 is 0.961. The molecule has 0 fully saturated rings. The predicted octanol–water partition coefficient (Wildman–Crippen LogP) is 4.00. The van der Waals surface area contributed by atoms with E-state index >= 15 is 0 Å². The van der Waals surface area contributed by atoms with Crippen LogP contribution in [-0.4, -0.2) is 11.1 Å². The number of hydrogen-bond donors (Lipinski definition) is 2. The Morgan fingerprint density at radius 2 is 2.17 bits per heavy atom. The van der Waals surface area contributed by atoms with Gasteiger partial charge in [0.2, 0.25) is 0 Å². The third-order valence-corrected chi connectivity index (χ3v) is 3.45. The van der Waals surface area contributed by atoms with Crippen LogP contribution in [0, 0.1) is 12.3 Å². The highest BCUT2D eigenvalue weighted by Gasteiger charge is 2.16. The smallest absolute Gasteiger partial charge is 0.120 e. The van der Waals surface area contributed by atoms with Crippen LogP contribution in [0.15, 0.2) is 22.7 Å². The van der Waals surface area contributed by atoms with E-state index in [4.69, 9.17) is 6.42 Å². The molecule has 0 spiro atoms. The monoisotopic (exact) mass is 309 g/mol. The molecule has 0 saturated carbocycles. The molecule has 0 radical (unpaired) electrons. The number of nitrogens with one attached hydrogen (secondary N) is 1. The van der Waals surface area contributed by atoms with Crippen LogP contribution in [0.25, 0.3) is 0 Å². The molecule has 1 rings (SSSR count). The zero-order valence-corrected chi connectivity index (χ0v) is 12.5. The lowest BCUT2D eigenvalue weighted by Gasteiger charge is -2.22. The summed E-state index contributed by atoms with van der Waals surface area (Å²) in [4.78, 5) is 0. The minimum Gasteiger partial charge on any atom is -0.508 e. The van der Waals surface area contributed by atoms with E-state index in [-0.39, 0.29) is 12.1 Å². The number of rotatable bonds is 6. The molecule has 1 aromatic rings. The molecule has 3 heteroatoms. The van der Waals surface area contributed by atoms with Gasteiger partial charge in [0, 0.05) is 16.1 Å². The fourth-order valence-corrected chi connectivity index (χ4v) is 2.36. The number of hydrogen-bond acceptors (Lipinski definition) is 2. The van der Waals surface area contributed by atoms with Crippen LogP contribution >= 0.6 is 15.9 Å². The maximum absolute atomic E-state index is 9.94. The Kier molecular flexibility index (Phi) is 6.24. The fraction of sp³-hybridized carbons (Fsp3) is 0.467. The molecule has 0 saturated heterocycles. The molecule has 2 nitrogen and oxygen atoms in total. The van der Waals surface area contributed by atoms with Crippen molar-refractivity contribution in [1.29, 1.82) is 0 Å². The van der Waals surface area contributed by atoms with E-state index in [1.807, 2.05) is 12.1 Å². The van der Waals surface area contributed by atoms with Gasteiger partial charge in [-0.25, -0.2) is 0 Å². The van der Waals surface area contributed by atoms with Gasteiger partial charge in [0.05, 0.1) is 6.04 Å². The lowest BCUT2D eigenvalue weighted by molar-refractivity contribution is 0.422. The largest absolute Gasteiger partial charge is 0.508 e. The highest BCUT2D eigenvalue weighted by molar-refractivity contribution is 9.10. The number of halogens is 1. The van der Waals surface area contributed by atoms with Crippen LogP contribution in [0.3, 0.4) is 0 Å². The first kappa shape index (κ1) is 15.1. The van der Waals surface area contributed by atoms with Crippen molar-refractivity contribution >= 4 is 15.9 Å². The van der Waals surface area contributed by atoms with Gasteiger partial charge in [-0.2, -0.15) is 0 Å². The molecule has 0 aliphatic rings. The summed E-state index contributed by atoms with van der Waals surface area (Å²) in [5.74, 6) is 3.08. The number of terminal acetylenes is 1. The van der Waals surface area contributed by atoms with E-state index in [1.165, 1.54) is 0 Å². The number of aromatic hydroxyl groups is 1. The van der Waals surface area contributed by atoms with Gasteiger partial charge in [0.25, 0.3) is 0 Å². The molecule has 0 aliphatic carbocycles. The topological polar surface area (TPSA) is 32.3 Å². The number of phenolic OH excluding ortho intramolecular Hbond substituents is 1. The van der Waals surface area contributed by atoms with E-state index in [1.54, 1.807) is 6.07 Å². The quantitative estimate of drug-likeness (QED) is 0.779. The van der Waals surface area contributed by atoms with E-state index in [0.29, 0.717) is 5.75 Å². The number of benzene rings is 1. The lowest BCUT2D eigenvalue weighted by atomic mass is 10.0. The summed E-state index contributed by atoms with van der Waals surface area (Å²) in [5, 5.41) is 13.4. The number of phenols is 1. The second-order valence-electron chi connectivity index (χ2n) is 4.34. The molecule has 0 heterocycles. The molecule has 1 aromatic carbocycles. The molecule has 0 amide bonds. The Morgan fingerprint density at radius 1 is 1.44 bits per heavy atom. The van der Waals surface area contributed by atoms with Crippen molar-refractivity contribution in [2.45, 2.75) is 45.2 Å². The Labute approximate surface area is 118 Å². The van der Waals surface area contributed by atoms with Crippen LogP contribution < -0.4 is 5.32 Å². The summed E-state index contributed by atoms with van der Waals surface area (Å²) in [6, 6.07) is 5.61. The minimum atomic E-state index is 0.0540. The second-order valence-corrected chi connectivity index (χ2v) is 5.25. The van der Waals surface area contributed by atoms with E-state index in [2.05, 4.69) is 41.0 Å². The van der Waals surface area contributed by atoms with Crippen molar-refractivity contribution in [3.05, 3.63) is 28.2 Å². The van der Waals surface area contributed by atoms with Crippen molar-refractivity contribution < 1.29 is 5.11 Å². The minimum absolute atomic E-state index is 0.0540. The van der Waals surface area contributed by atoms with E-state index in [9.17, 15) is 5.11 Å². The molecule has 98 valence electrons. The highest BCUT2D eigenvalue weighted by Crippen LogP contribution is 2.29. The summed E-state index contributed by atoms with van der Waals surface area (Å²) in [6.45, 7) is 4.20. The van der Waals surface area contributed by atoms with Gasteiger partial charge in [0.15, 0.2) is 0 Å². The van der Waals surface area contributed by atoms with Gasteiger partial charge in [-0.1, -0.05) is 42.1 Å². The van der Waals surface area contributed by atoms with Crippen molar-refractivity contribution in [1.82, 2.24) is 5.32 Å². The molecular formula is C15H20BrNO. The third kappa shape index (κ3) is 4.04. The molecule has 2 atom stereocenters. The van der Waals surface area contributed by atoms with Crippen molar-refractivity contribution in [3.8, 4) is 18.1 Å². The summed E-state index contributed by atoms with van der Waals surface area (Å²) in [6.07, 6.45) is 8.40. The zero-order chi connectivity index (χ0) is 13.5. The zero-order valence-electron chi connectivity index (χ0n) is 10.9. The average Bonchev–Trinajstić information content (AvgIpc) is 2.37. The van der Waals surface area contributed by atoms with E-state index in [0.717, 1.165) is 29.3 Å². The Morgan fingerprint density at radius 3 is 2.72 bits per heavy atom. The Hall–Kier alpha value is -0.980. The molecule has 0 aliphatic heterocycles. The SMILES string of the molecule is C#CC(CCC)NC(CC)c1cc(Br)ccc1O. The van der Waals surface area contributed by atoms with E-state index < -0.39 is 0 Å². The van der Waals surface area contributed by atoms with Crippen molar-refractivity contribution in [3.63, 3.8) is 0 Å². The normalized spacial score (nSPS) is 13.9.